The molecule has 0 aliphatic carbocycles. The van der Waals surface area contributed by atoms with Crippen LogP contribution in [0.5, 0.6) is 5.75 Å². The molecule has 142 valence electrons. The lowest BCUT2D eigenvalue weighted by Gasteiger charge is -2.32. The van der Waals surface area contributed by atoms with Crippen LogP contribution in [0.2, 0.25) is 0 Å². The molecule has 2 fully saturated rings. The van der Waals surface area contributed by atoms with Crippen molar-refractivity contribution >= 4 is 11.9 Å². The predicted molar refractivity (Wildman–Crippen MR) is 98.1 cm³/mol. The van der Waals surface area contributed by atoms with Crippen molar-refractivity contribution in [2.45, 2.75) is 50.6 Å². The van der Waals surface area contributed by atoms with Gasteiger partial charge in [-0.15, -0.1) is 0 Å². The summed E-state index contributed by atoms with van der Waals surface area (Å²) in [5.74, 6) is 0.0281. The molecule has 1 aromatic rings. The van der Waals surface area contributed by atoms with Crippen LogP contribution in [-0.2, 0) is 9.59 Å². The Labute approximate surface area is 154 Å². The van der Waals surface area contributed by atoms with E-state index in [1.807, 2.05) is 34.1 Å². The maximum atomic E-state index is 13.0. The monoisotopic (exact) mass is 360 g/mol. The summed E-state index contributed by atoms with van der Waals surface area (Å²) in [5, 5.41) is 9.35. The number of carbonyl (C=O) groups excluding carboxylic acids is 1. The van der Waals surface area contributed by atoms with Crippen molar-refractivity contribution < 1.29 is 19.4 Å². The molecule has 6 nitrogen and oxygen atoms in total. The lowest BCUT2D eigenvalue weighted by Crippen LogP contribution is -2.45. The van der Waals surface area contributed by atoms with Crippen molar-refractivity contribution in [1.29, 1.82) is 0 Å². The summed E-state index contributed by atoms with van der Waals surface area (Å²) in [6, 6.07) is 7.47. The van der Waals surface area contributed by atoms with Gasteiger partial charge in [-0.3, -0.25) is 14.5 Å². The van der Waals surface area contributed by atoms with E-state index in [1.54, 1.807) is 7.11 Å². The summed E-state index contributed by atoms with van der Waals surface area (Å²) in [5.41, 5.74) is 1.12. The van der Waals surface area contributed by atoms with Crippen molar-refractivity contribution in [3.8, 4) is 5.75 Å². The van der Waals surface area contributed by atoms with Gasteiger partial charge in [-0.1, -0.05) is 25.0 Å². The van der Waals surface area contributed by atoms with Crippen LogP contribution in [0.15, 0.2) is 24.3 Å². The van der Waals surface area contributed by atoms with Crippen molar-refractivity contribution in [2.75, 3.05) is 26.7 Å². The molecule has 2 heterocycles. The molecule has 0 radical (unpaired) electrons. The maximum Gasteiger partial charge on any atom is 0.320 e. The quantitative estimate of drug-likeness (QED) is 0.874. The minimum absolute atomic E-state index is 0.0425. The molecular weight excluding hydrogens is 332 g/mol. The first kappa shape index (κ1) is 18.7. The molecule has 6 heteroatoms. The van der Waals surface area contributed by atoms with Crippen molar-refractivity contribution in [3.05, 3.63) is 29.8 Å². The summed E-state index contributed by atoms with van der Waals surface area (Å²) >= 11 is 0. The van der Waals surface area contributed by atoms with Crippen molar-refractivity contribution in [3.63, 3.8) is 0 Å². The van der Waals surface area contributed by atoms with Crippen molar-refractivity contribution in [2.24, 2.45) is 0 Å². The van der Waals surface area contributed by atoms with Crippen LogP contribution >= 0.6 is 0 Å². The summed E-state index contributed by atoms with van der Waals surface area (Å²) in [6.45, 7) is 1.62. The zero-order chi connectivity index (χ0) is 18.5. The van der Waals surface area contributed by atoms with Gasteiger partial charge in [-0.05, 0) is 49.9 Å². The fourth-order valence-electron chi connectivity index (χ4n) is 4.14. The summed E-state index contributed by atoms with van der Waals surface area (Å²) in [6.07, 6.45) is 5.64. The van der Waals surface area contributed by atoms with Crippen LogP contribution in [0.3, 0.4) is 0 Å². The first-order valence-electron chi connectivity index (χ1n) is 9.50. The summed E-state index contributed by atoms with van der Waals surface area (Å²) < 4.78 is 5.24. The van der Waals surface area contributed by atoms with E-state index >= 15 is 0 Å². The first-order valence-corrected chi connectivity index (χ1v) is 9.50. The number of carbonyl (C=O) groups is 2. The number of carboxylic acids is 1. The molecule has 3 rings (SSSR count). The first-order chi connectivity index (χ1) is 12.6. The number of likely N-dealkylation sites (tertiary alicyclic amines) is 2. The number of hydrogen-bond acceptors (Lipinski definition) is 4. The third-order valence-corrected chi connectivity index (χ3v) is 5.56. The van der Waals surface area contributed by atoms with Gasteiger partial charge in [0, 0.05) is 6.54 Å². The smallest absolute Gasteiger partial charge is 0.320 e. The van der Waals surface area contributed by atoms with Gasteiger partial charge in [0.15, 0.2) is 0 Å². The van der Waals surface area contributed by atoms with Crippen LogP contribution in [0.25, 0.3) is 0 Å². The Kier molecular flexibility index (Phi) is 6.14. The van der Waals surface area contributed by atoms with Crippen molar-refractivity contribution in [1.82, 2.24) is 9.80 Å². The molecule has 26 heavy (non-hydrogen) atoms. The zero-order valence-electron chi connectivity index (χ0n) is 15.4. The molecule has 1 amide bonds. The van der Waals surface area contributed by atoms with E-state index in [4.69, 9.17) is 4.74 Å². The molecule has 0 bridgehead atoms. The van der Waals surface area contributed by atoms with Gasteiger partial charge < -0.3 is 14.7 Å². The van der Waals surface area contributed by atoms with Crippen LogP contribution < -0.4 is 4.74 Å². The van der Waals surface area contributed by atoms with Gasteiger partial charge in [0.05, 0.1) is 19.7 Å². The molecule has 2 aliphatic rings. The zero-order valence-corrected chi connectivity index (χ0v) is 15.4. The molecule has 0 unspecified atom stereocenters. The van der Waals surface area contributed by atoms with Crippen LogP contribution in [-0.4, -0.2) is 59.6 Å². The topological polar surface area (TPSA) is 70.1 Å². The van der Waals surface area contributed by atoms with E-state index in [-0.39, 0.29) is 18.5 Å². The van der Waals surface area contributed by atoms with Crippen LogP contribution in [0.4, 0.5) is 0 Å². The second kappa shape index (κ2) is 8.54. The number of hydrogen-bond donors (Lipinski definition) is 1. The lowest BCUT2D eigenvalue weighted by atomic mass is 10.0. The number of benzene rings is 1. The second-order valence-electron chi connectivity index (χ2n) is 7.19. The molecule has 0 saturated carbocycles. The molecule has 2 aliphatic heterocycles. The Morgan fingerprint density at radius 3 is 2.54 bits per heavy atom. The van der Waals surface area contributed by atoms with Gasteiger partial charge in [-0.25, -0.2) is 0 Å². The molecule has 1 N–H and O–H groups in total. The average Bonchev–Trinajstić information content (AvgIpc) is 2.97. The average molecular weight is 360 g/mol. The Balaban J connectivity index is 1.75. The van der Waals surface area contributed by atoms with E-state index in [0.717, 1.165) is 50.0 Å². The van der Waals surface area contributed by atoms with Gasteiger partial charge in [0.25, 0.3) is 0 Å². The number of carboxylic acid groups (broad SMARTS) is 1. The van der Waals surface area contributed by atoms with Gasteiger partial charge >= 0.3 is 5.97 Å². The predicted octanol–water partition coefficient (Wildman–Crippen LogP) is 2.69. The fraction of sp³-hybridized carbons (Fsp3) is 0.600. The Bertz CT molecular complexity index is 631. The van der Waals surface area contributed by atoms with Crippen LogP contribution in [0, 0.1) is 0 Å². The third kappa shape index (κ3) is 4.18. The van der Waals surface area contributed by atoms with E-state index in [1.165, 1.54) is 0 Å². The fourth-order valence-corrected chi connectivity index (χ4v) is 4.14. The largest absolute Gasteiger partial charge is 0.497 e. The van der Waals surface area contributed by atoms with Gasteiger partial charge in [0.2, 0.25) is 5.91 Å². The molecule has 0 spiro atoms. The Hall–Kier alpha value is -2.08. The Morgan fingerprint density at radius 1 is 1.08 bits per heavy atom. The number of aliphatic carboxylic acids is 1. The third-order valence-electron chi connectivity index (χ3n) is 5.56. The van der Waals surface area contributed by atoms with Gasteiger partial charge in [-0.2, -0.15) is 0 Å². The van der Waals surface area contributed by atoms with Gasteiger partial charge in [0.1, 0.15) is 11.8 Å². The maximum absolute atomic E-state index is 13.0. The highest BCUT2D eigenvalue weighted by molar-refractivity contribution is 5.80. The minimum atomic E-state index is -0.821. The lowest BCUT2D eigenvalue weighted by molar-refractivity contribution is -0.143. The highest BCUT2D eigenvalue weighted by Crippen LogP contribution is 2.31. The number of methoxy groups -OCH3 is 1. The normalized spacial score (nSPS) is 24.3. The minimum Gasteiger partial charge on any atom is -0.497 e. The standard InChI is InChI=1S/C20H28N2O4/c1-26-16-10-8-15(9-11-16)17-6-3-2-4-13-22(17)19(23)14-21-12-5-7-18(21)20(24)25/h8-11,17-18H,2-7,12-14H2,1H3,(H,24,25)/t17-,18-/m0/s1. The Morgan fingerprint density at radius 2 is 1.85 bits per heavy atom. The molecular formula is C20H28N2O4. The number of rotatable bonds is 5. The van der Waals surface area contributed by atoms with E-state index in [9.17, 15) is 14.7 Å². The molecule has 2 atom stereocenters. The molecule has 2 saturated heterocycles. The second-order valence-corrected chi connectivity index (χ2v) is 7.19. The highest BCUT2D eigenvalue weighted by atomic mass is 16.5. The molecule has 0 aromatic heterocycles. The highest BCUT2D eigenvalue weighted by Gasteiger charge is 2.34. The SMILES string of the molecule is COc1ccc([C@@H]2CCCCCN2C(=O)CN2CCC[C@H]2C(=O)O)cc1. The number of amides is 1. The van der Waals surface area contributed by atoms with E-state index in [2.05, 4.69) is 0 Å². The van der Waals surface area contributed by atoms with Crippen LogP contribution in [0.1, 0.15) is 50.1 Å². The number of ether oxygens (including phenoxy) is 1. The summed E-state index contributed by atoms with van der Waals surface area (Å²) in [4.78, 5) is 28.2. The van der Waals surface area contributed by atoms with E-state index in [0.29, 0.717) is 13.0 Å². The molecule has 1 aromatic carbocycles. The number of nitrogens with zero attached hydrogens (tertiary/aromatic N) is 2. The summed E-state index contributed by atoms with van der Waals surface area (Å²) in [7, 11) is 1.64. The van der Waals surface area contributed by atoms with E-state index < -0.39 is 12.0 Å².